The molecule has 5 rings (SSSR count). The molecule has 5 nitrogen and oxygen atoms in total. The third-order valence-electron chi connectivity index (χ3n) is 7.42. The first-order chi connectivity index (χ1) is 13.6. The van der Waals surface area contributed by atoms with Gasteiger partial charge in [0.1, 0.15) is 12.6 Å². The number of rotatable bonds is 3. The zero-order chi connectivity index (χ0) is 19.3. The van der Waals surface area contributed by atoms with Crippen LogP contribution in [0.4, 0.5) is 10.5 Å². The Bertz CT molecular complexity index is 877. The summed E-state index contributed by atoms with van der Waals surface area (Å²) < 4.78 is 0.492. The van der Waals surface area contributed by atoms with Crippen LogP contribution in [-0.2, 0) is 0 Å². The monoisotopic (exact) mass is 413 g/mol. The molecule has 3 N–H and O–H groups in total. The van der Waals surface area contributed by atoms with E-state index in [1.54, 1.807) is 0 Å². The number of quaternary nitrogens is 1. The van der Waals surface area contributed by atoms with Crippen LogP contribution >= 0.6 is 12.4 Å². The molecule has 2 bridgehead atoms. The summed E-state index contributed by atoms with van der Waals surface area (Å²) in [7, 11) is 2.26. The van der Waals surface area contributed by atoms with E-state index in [0.717, 1.165) is 19.4 Å². The van der Waals surface area contributed by atoms with Gasteiger partial charge in [0.2, 0.25) is 0 Å². The molecule has 0 saturated carbocycles. The Morgan fingerprint density at radius 3 is 2.31 bits per heavy atom. The van der Waals surface area contributed by atoms with E-state index in [2.05, 4.69) is 72.0 Å². The molecule has 154 valence electrons. The molecule has 2 aromatic carbocycles. The smallest absolute Gasteiger partial charge is 0.348 e. The quantitative estimate of drug-likeness (QED) is 0.752. The van der Waals surface area contributed by atoms with Crippen LogP contribution in [0.25, 0.3) is 0 Å². The van der Waals surface area contributed by atoms with Gasteiger partial charge in [-0.25, -0.2) is 4.79 Å². The summed E-state index contributed by atoms with van der Waals surface area (Å²) in [4.78, 5) is 14.7. The van der Waals surface area contributed by atoms with Gasteiger partial charge in [0.05, 0.1) is 5.92 Å². The van der Waals surface area contributed by atoms with Crippen LogP contribution < -0.4 is 15.8 Å². The highest BCUT2D eigenvalue weighted by molar-refractivity contribution is 5.85. The molecule has 2 aromatic rings. The predicted octanol–water partition coefficient (Wildman–Crippen LogP) is 3.77. The van der Waals surface area contributed by atoms with Crippen LogP contribution in [0.1, 0.15) is 42.7 Å². The molecule has 2 amide bonds. The topological polar surface area (TPSA) is 58.4 Å². The van der Waals surface area contributed by atoms with Crippen molar-refractivity contribution in [3.8, 4) is 0 Å². The summed E-state index contributed by atoms with van der Waals surface area (Å²) in [6, 6.07) is 20.4. The average Bonchev–Trinajstić information content (AvgIpc) is 3.11. The van der Waals surface area contributed by atoms with E-state index in [1.165, 1.54) is 29.7 Å². The van der Waals surface area contributed by atoms with Crippen LogP contribution in [-0.4, -0.2) is 42.6 Å². The Labute approximate surface area is 178 Å². The van der Waals surface area contributed by atoms with Gasteiger partial charge in [-0.2, -0.15) is 10.0 Å². The fourth-order valence-corrected chi connectivity index (χ4v) is 6.08. The number of benzene rings is 2. The number of hydrogen-bond donors (Lipinski definition) is 2. The molecular formula is C23H30ClN4O+. The molecule has 0 aromatic heterocycles. The fraction of sp³-hybridized carbons (Fsp3) is 0.435. The van der Waals surface area contributed by atoms with E-state index in [1.807, 2.05) is 0 Å². The first kappa shape index (κ1) is 20.2. The van der Waals surface area contributed by atoms with Gasteiger partial charge in [0.15, 0.2) is 5.69 Å². The first-order valence-electron chi connectivity index (χ1n) is 10.4. The van der Waals surface area contributed by atoms with Gasteiger partial charge in [-0.3, -0.25) is 4.90 Å². The summed E-state index contributed by atoms with van der Waals surface area (Å²) in [6.07, 6.45) is 4.72. The second-order valence-electron chi connectivity index (χ2n) is 8.73. The number of halogens is 1. The van der Waals surface area contributed by atoms with Crippen LogP contribution in [0.15, 0.2) is 54.6 Å². The van der Waals surface area contributed by atoms with Gasteiger partial charge in [-0.1, -0.05) is 48.5 Å². The highest BCUT2D eigenvalue weighted by Gasteiger charge is 2.55. The van der Waals surface area contributed by atoms with Crippen molar-refractivity contribution in [1.82, 2.24) is 14.9 Å². The number of primary amides is 1. The summed E-state index contributed by atoms with van der Waals surface area (Å²) in [5, 5.41) is 0. The fourth-order valence-electron chi connectivity index (χ4n) is 6.08. The number of piperidine rings is 1. The summed E-state index contributed by atoms with van der Waals surface area (Å²) in [5.74, 6) is 0.265. The number of hydrogen-bond acceptors (Lipinski definition) is 2. The zero-order valence-electron chi connectivity index (χ0n) is 16.8. The minimum atomic E-state index is -0.435. The molecule has 4 unspecified atom stereocenters. The Hall–Kier alpha value is -2.08. The lowest BCUT2D eigenvalue weighted by Crippen LogP contribution is -2.70. The minimum absolute atomic E-state index is 0. The van der Waals surface area contributed by atoms with Crippen LogP contribution in [0.3, 0.4) is 0 Å². The number of para-hydroxylation sites is 1. The first-order valence-corrected chi connectivity index (χ1v) is 10.4. The Balaban J connectivity index is 0.00000205. The van der Waals surface area contributed by atoms with E-state index < -0.39 is 6.03 Å². The maximum atomic E-state index is 12.2. The molecule has 2 saturated heterocycles. The Kier molecular flexibility index (Phi) is 5.32. The molecule has 4 atom stereocenters. The van der Waals surface area contributed by atoms with Gasteiger partial charge in [0.25, 0.3) is 0 Å². The number of carbonyl (C=O) groups is 1. The van der Waals surface area contributed by atoms with E-state index >= 15 is 0 Å². The maximum absolute atomic E-state index is 12.2. The maximum Gasteiger partial charge on any atom is 0.356 e. The summed E-state index contributed by atoms with van der Waals surface area (Å²) in [6.45, 7) is 0.833. The van der Waals surface area contributed by atoms with E-state index in [9.17, 15) is 4.79 Å². The van der Waals surface area contributed by atoms with Crippen LogP contribution in [0, 0.1) is 0 Å². The van der Waals surface area contributed by atoms with Crippen molar-refractivity contribution in [2.75, 3.05) is 13.6 Å². The molecule has 29 heavy (non-hydrogen) atoms. The lowest BCUT2D eigenvalue weighted by atomic mass is 9.93. The molecule has 0 radical (unpaired) electrons. The SMILES string of the molecule is CN1C2CCC1CC([N+]1(NC(N)=O)CC(c3ccccc3)c3ccccc31)C2.Cl. The second kappa shape index (κ2) is 7.63. The Morgan fingerprint density at radius 1 is 1.03 bits per heavy atom. The van der Waals surface area contributed by atoms with Crippen molar-refractivity contribution in [2.45, 2.75) is 49.7 Å². The second-order valence-corrected chi connectivity index (χ2v) is 8.73. The number of carbonyl (C=O) groups excluding carboxylic acids is 1. The van der Waals surface area contributed by atoms with E-state index in [-0.39, 0.29) is 18.3 Å². The van der Waals surface area contributed by atoms with Crippen molar-refractivity contribution in [2.24, 2.45) is 5.73 Å². The van der Waals surface area contributed by atoms with E-state index in [4.69, 9.17) is 5.73 Å². The number of nitrogens with two attached hydrogens (primary N) is 1. The average molecular weight is 414 g/mol. The molecule has 0 spiro atoms. The largest absolute Gasteiger partial charge is 0.356 e. The minimum Gasteiger partial charge on any atom is -0.348 e. The van der Waals surface area contributed by atoms with E-state index in [0.29, 0.717) is 22.7 Å². The number of nitrogens with zero attached hydrogens (tertiary/aromatic N) is 2. The predicted molar refractivity (Wildman–Crippen MR) is 119 cm³/mol. The highest BCUT2D eigenvalue weighted by atomic mass is 35.5. The highest BCUT2D eigenvalue weighted by Crippen LogP contribution is 2.49. The zero-order valence-corrected chi connectivity index (χ0v) is 17.6. The molecule has 6 heteroatoms. The van der Waals surface area contributed by atoms with Crippen molar-refractivity contribution >= 4 is 24.1 Å². The number of nitrogens with one attached hydrogen (secondary N) is 1. The number of urea groups is 1. The van der Waals surface area contributed by atoms with Crippen molar-refractivity contribution < 1.29 is 4.79 Å². The Morgan fingerprint density at radius 2 is 1.66 bits per heavy atom. The van der Waals surface area contributed by atoms with Crippen molar-refractivity contribution in [1.29, 1.82) is 0 Å². The standard InChI is InChI=1S/C23H28N4O.ClH/c1-26-17-11-12-18(26)14-19(13-17)27(25-23(24)28)15-21(16-7-3-2-4-8-16)20-9-5-6-10-22(20)27;/h2-10,17-19,21H,11-15H2,1H3,(H2-,24,25,28);1H/p+1. The van der Waals surface area contributed by atoms with Gasteiger partial charge < -0.3 is 5.73 Å². The summed E-state index contributed by atoms with van der Waals surface area (Å²) in [5.41, 5.74) is 12.8. The van der Waals surface area contributed by atoms with Gasteiger partial charge >= 0.3 is 6.03 Å². The van der Waals surface area contributed by atoms with Gasteiger partial charge in [-0.05, 0) is 25.5 Å². The molecule has 3 heterocycles. The van der Waals surface area contributed by atoms with Crippen LogP contribution in [0.2, 0.25) is 0 Å². The number of fused-ring (bicyclic) bond motifs is 3. The third-order valence-corrected chi connectivity index (χ3v) is 7.42. The van der Waals surface area contributed by atoms with Crippen molar-refractivity contribution in [3.05, 3.63) is 65.7 Å². The lowest BCUT2D eigenvalue weighted by molar-refractivity contribution is 0.0605. The summed E-state index contributed by atoms with van der Waals surface area (Å²) >= 11 is 0. The third kappa shape index (κ3) is 3.21. The molecule has 3 aliphatic rings. The van der Waals surface area contributed by atoms with Gasteiger partial charge in [0, 0.05) is 36.6 Å². The number of amides is 2. The molecule has 0 aliphatic carbocycles. The molecule has 2 fully saturated rings. The van der Waals surface area contributed by atoms with Gasteiger partial charge in [-0.15, -0.1) is 12.4 Å². The van der Waals surface area contributed by atoms with Crippen molar-refractivity contribution in [3.63, 3.8) is 0 Å². The normalized spacial score (nSPS) is 33.0. The molecular weight excluding hydrogens is 384 g/mol. The lowest BCUT2D eigenvalue weighted by Gasteiger charge is -2.46. The van der Waals surface area contributed by atoms with Crippen LogP contribution in [0.5, 0.6) is 0 Å². The molecule has 3 aliphatic heterocycles.